The molecule has 0 saturated carbocycles. The maximum atomic E-state index is 13.2. The Morgan fingerprint density at radius 2 is 1.71 bits per heavy atom. The molecule has 146 valence electrons. The van der Waals surface area contributed by atoms with Gasteiger partial charge in [0.15, 0.2) is 5.69 Å². The molecule has 0 saturated heterocycles. The average Bonchev–Trinajstić information content (AvgIpc) is 3.00. The fourth-order valence-corrected chi connectivity index (χ4v) is 2.71. The van der Waals surface area contributed by atoms with E-state index in [-0.39, 0.29) is 23.2 Å². The summed E-state index contributed by atoms with van der Waals surface area (Å²) in [7, 11) is 0. The Morgan fingerprint density at radius 1 is 1.04 bits per heavy atom. The van der Waals surface area contributed by atoms with E-state index in [2.05, 4.69) is 15.6 Å². The van der Waals surface area contributed by atoms with Gasteiger partial charge in [0.05, 0.1) is 16.8 Å². The van der Waals surface area contributed by atoms with Crippen molar-refractivity contribution < 1.29 is 22.8 Å². The number of carbonyl (C=O) groups is 2. The van der Waals surface area contributed by atoms with Crippen molar-refractivity contribution in [2.75, 3.05) is 5.32 Å². The number of nitrogens with one attached hydrogen (secondary N) is 2. The molecule has 3 aromatic rings. The van der Waals surface area contributed by atoms with E-state index in [9.17, 15) is 22.8 Å². The van der Waals surface area contributed by atoms with E-state index in [1.807, 2.05) is 0 Å². The number of benzene rings is 1. The lowest BCUT2D eigenvalue weighted by molar-refractivity contribution is -0.136. The van der Waals surface area contributed by atoms with Gasteiger partial charge in [0, 0.05) is 12.2 Å². The summed E-state index contributed by atoms with van der Waals surface area (Å²) >= 11 is 0. The van der Waals surface area contributed by atoms with E-state index in [0.29, 0.717) is 5.52 Å². The number of halogens is 3. The number of carbonyl (C=O) groups excluding carboxylic acids is 2. The van der Waals surface area contributed by atoms with Crippen LogP contribution in [-0.4, -0.2) is 27.2 Å². The largest absolute Gasteiger partial charge is 0.418 e. The lowest BCUT2D eigenvalue weighted by Gasteiger charge is -2.12. The molecule has 0 unspecified atom stereocenters. The Hall–Kier alpha value is -3.36. The molecule has 0 bridgehead atoms. The van der Waals surface area contributed by atoms with Gasteiger partial charge in [-0.3, -0.25) is 14.0 Å². The Morgan fingerprint density at radius 3 is 2.39 bits per heavy atom. The fourth-order valence-electron chi connectivity index (χ4n) is 2.71. The highest BCUT2D eigenvalue weighted by atomic mass is 19.4. The monoisotopic (exact) mass is 390 g/mol. The number of aromatic nitrogens is 2. The topological polar surface area (TPSA) is 75.5 Å². The van der Waals surface area contributed by atoms with Gasteiger partial charge >= 0.3 is 6.18 Å². The van der Waals surface area contributed by atoms with Gasteiger partial charge in [-0.05, 0) is 38.1 Å². The van der Waals surface area contributed by atoms with E-state index in [0.717, 1.165) is 12.1 Å². The van der Waals surface area contributed by atoms with Gasteiger partial charge in [-0.25, -0.2) is 4.98 Å². The summed E-state index contributed by atoms with van der Waals surface area (Å²) in [6, 6.07) is 9.36. The van der Waals surface area contributed by atoms with Crippen LogP contribution < -0.4 is 10.6 Å². The lowest BCUT2D eigenvalue weighted by Crippen LogP contribution is -2.31. The zero-order chi connectivity index (χ0) is 20.5. The molecule has 0 aliphatic carbocycles. The Kier molecular flexibility index (Phi) is 5.08. The van der Waals surface area contributed by atoms with Crippen LogP contribution >= 0.6 is 0 Å². The Balaban J connectivity index is 2.01. The van der Waals surface area contributed by atoms with Gasteiger partial charge in [-0.15, -0.1) is 0 Å². The van der Waals surface area contributed by atoms with Gasteiger partial charge in [0.2, 0.25) is 5.82 Å². The summed E-state index contributed by atoms with van der Waals surface area (Å²) in [5, 5.41) is 4.93. The van der Waals surface area contributed by atoms with Crippen LogP contribution in [0.1, 0.15) is 40.5 Å². The number of amides is 2. The van der Waals surface area contributed by atoms with Gasteiger partial charge < -0.3 is 10.6 Å². The second-order valence-corrected chi connectivity index (χ2v) is 6.37. The average molecular weight is 390 g/mol. The molecule has 3 rings (SSSR count). The van der Waals surface area contributed by atoms with Crippen molar-refractivity contribution in [2.24, 2.45) is 0 Å². The van der Waals surface area contributed by atoms with Crippen molar-refractivity contribution >= 4 is 23.0 Å². The van der Waals surface area contributed by atoms with Gasteiger partial charge in [-0.1, -0.05) is 18.2 Å². The molecule has 0 aliphatic heterocycles. The highest BCUT2D eigenvalue weighted by Gasteiger charge is 2.34. The number of pyridine rings is 1. The number of fused-ring (bicyclic) bond motifs is 1. The number of hydrogen-bond acceptors (Lipinski definition) is 3. The molecule has 2 N–H and O–H groups in total. The Labute approximate surface area is 158 Å². The third-order valence-corrected chi connectivity index (χ3v) is 3.87. The van der Waals surface area contributed by atoms with Crippen LogP contribution in [0.25, 0.3) is 5.52 Å². The molecular formula is C19H17F3N4O2. The first kappa shape index (κ1) is 19.4. The summed E-state index contributed by atoms with van der Waals surface area (Å²) in [6.07, 6.45) is -3.07. The van der Waals surface area contributed by atoms with Crippen LogP contribution in [0.3, 0.4) is 0 Å². The quantitative estimate of drug-likeness (QED) is 0.713. The molecule has 0 atom stereocenters. The van der Waals surface area contributed by atoms with E-state index >= 15 is 0 Å². The number of alkyl halides is 3. The van der Waals surface area contributed by atoms with Crippen molar-refractivity contribution in [3.63, 3.8) is 0 Å². The first-order chi connectivity index (χ1) is 13.2. The summed E-state index contributed by atoms with van der Waals surface area (Å²) in [5.41, 5.74) is -1.19. The van der Waals surface area contributed by atoms with Gasteiger partial charge in [0.25, 0.3) is 11.8 Å². The summed E-state index contributed by atoms with van der Waals surface area (Å²) in [4.78, 5) is 29.1. The van der Waals surface area contributed by atoms with Crippen molar-refractivity contribution in [3.05, 3.63) is 65.7 Å². The minimum absolute atomic E-state index is 0.0291. The van der Waals surface area contributed by atoms with Crippen LogP contribution in [0, 0.1) is 0 Å². The number of hydrogen-bond donors (Lipinski definition) is 2. The predicted molar refractivity (Wildman–Crippen MR) is 97.2 cm³/mol. The molecule has 2 amide bonds. The minimum Gasteiger partial charge on any atom is -0.347 e. The lowest BCUT2D eigenvalue weighted by atomic mass is 10.1. The smallest absolute Gasteiger partial charge is 0.347 e. The zero-order valence-corrected chi connectivity index (χ0v) is 15.0. The molecule has 0 radical (unpaired) electrons. The van der Waals surface area contributed by atoms with Crippen LogP contribution in [0.5, 0.6) is 0 Å². The van der Waals surface area contributed by atoms with Crippen molar-refractivity contribution in [2.45, 2.75) is 26.1 Å². The summed E-state index contributed by atoms with van der Waals surface area (Å²) in [6.45, 7) is 3.55. The third-order valence-electron chi connectivity index (χ3n) is 3.87. The molecule has 6 nitrogen and oxygen atoms in total. The number of anilines is 1. The van der Waals surface area contributed by atoms with E-state index < -0.39 is 23.6 Å². The van der Waals surface area contributed by atoms with E-state index in [1.54, 1.807) is 38.2 Å². The first-order valence-corrected chi connectivity index (χ1v) is 8.44. The second-order valence-electron chi connectivity index (χ2n) is 6.37. The second kappa shape index (κ2) is 7.34. The molecular weight excluding hydrogens is 373 g/mol. The summed E-state index contributed by atoms with van der Waals surface area (Å²) < 4.78 is 40.9. The zero-order valence-electron chi connectivity index (χ0n) is 15.0. The third kappa shape index (κ3) is 3.83. The molecule has 1 aromatic carbocycles. The molecule has 2 heterocycles. The van der Waals surface area contributed by atoms with Gasteiger partial charge in [0.1, 0.15) is 0 Å². The van der Waals surface area contributed by atoms with Crippen LogP contribution in [-0.2, 0) is 6.18 Å². The van der Waals surface area contributed by atoms with Gasteiger partial charge in [-0.2, -0.15) is 13.2 Å². The van der Waals surface area contributed by atoms with Crippen LogP contribution in [0.2, 0.25) is 0 Å². The number of para-hydroxylation sites is 1. The van der Waals surface area contributed by atoms with E-state index in [4.69, 9.17) is 0 Å². The standard InChI is InChI=1S/C19H17F3N4O2/c1-11(2)23-18(28)16-25-15(14-9-5-6-10-26(14)16)17(27)24-13-8-4-3-7-12(13)19(20,21)22/h3-11H,1-2H3,(H,23,28)(H,24,27). The fraction of sp³-hybridized carbons (Fsp3) is 0.211. The summed E-state index contributed by atoms with van der Waals surface area (Å²) in [5.74, 6) is -1.37. The molecule has 9 heteroatoms. The predicted octanol–water partition coefficient (Wildman–Crippen LogP) is 3.74. The minimum atomic E-state index is -4.62. The van der Waals surface area contributed by atoms with Crippen molar-refractivity contribution in [1.29, 1.82) is 0 Å². The number of nitrogens with zero attached hydrogens (tertiary/aromatic N) is 2. The highest BCUT2D eigenvalue weighted by Crippen LogP contribution is 2.34. The molecule has 0 fully saturated rings. The number of imidazole rings is 1. The van der Waals surface area contributed by atoms with Crippen LogP contribution in [0.4, 0.5) is 18.9 Å². The van der Waals surface area contributed by atoms with Crippen LogP contribution in [0.15, 0.2) is 48.7 Å². The SMILES string of the molecule is CC(C)NC(=O)c1nc(C(=O)Nc2ccccc2C(F)(F)F)c2ccccn12. The normalized spacial score (nSPS) is 11.6. The first-order valence-electron chi connectivity index (χ1n) is 8.44. The molecule has 2 aromatic heterocycles. The van der Waals surface area contributed by atoms with E-state index in [1.165, 1.54) is 16.5 Å². The molecule has 0 spiro atoms. The highest BCUT2D eigenvalue weighted by molar-refractivity contribution is 6.09. The molecule has 0 aliphatic rings. The number of rotatable bonds is 4. The van der Waals surface area contributed by atoms with Crippen molar-refractivity contribution in [3.8, 4) is 0 Å². The maximum absolute atomic E-state index is 13.2. The molecule has 28 heavy (non-hydrogen) atoms. The van der Waals surface area contributed by atoms with Crippen molar-refractivity contribution in [1.82, 2.24) is 14.7 Å². The Bertz CT molecular complexity index is 1040. The maximum Gasteiger partial charge on any atom is 0.418 e.